The Bertz CT molecular complexity index is 617. The standard InChI is InChI=1S/C16H19N3O/c1-19(11-16(20)18-14-5-6-14)10-13-4-2-3-12-9-17-8-7-15(12)13/h2-4,7-9,14H,5-6,10-11H2,1H3,(H,18,20). The summed E-state index contributed by atoms with van der Waals surface area (Å²) in [5.41, 5.74) is 1.23. The molecule has 0 aliphatic heterocycles. The molecule has 1 N–H and O–H groups in total. The molecule has 20 heavy (non-hydrogen) atoms. The van der Waals surface area contributed by atoms with Crippen LogP contribution >= 0.6 is 0 Å². The summed E-state index contributed by atoms with van der Waals surface area (Å²) in [6.07, 6.45) is 5.95. The molecule has 1 heterocycles. The number of rotatable bonds is 5. The molecule has 0 saturated heterocycles. The highest BCUT2D eigenvalue weighted by atomic mass is 16.2. The Kier molecular flexibility index (Phi) is 3.65. The number of carbonyl (C=O) groups excluding carboxylic acids is 1. The number of likely N-dealkylation sites (N-methyl/N-ethyl adjacent to an activating group) is 1. The topological polar surface area (TPSA) is 45.2 Å². The Morgan fingerprint density at radius 3 is 3.05 bits per heavy atom. The quantitative estimate of drug-likeness (QED) is 0.902. The lowest BCUT2D eigenvalue weighted by atomic mass is 10.1. The normalized spacial score (nSPS) is 14.7. The van der Waals surface area contributed by atoms with E-state index < -0.39 is 0 Å². The molecule has 4 nitrogen and oxygen atoms in total. The summed E-state index contributed by atoms with van der Waals surface area (Å²) in [7, 11) is 1.98. The lowest BCUT2D eigenvalue weighted by molar-refractivity contribution is -0.122. The lowest BCUT2D eigenvalue weighted by Gasteiger charge is -2.17. The molecule has 1 amide bonds. The number of aromatic nitrogens is 1. The molecule has 2 aromatic rings. The van der Waals surface area contributed by atoms with Crippen LogP contribution in [-0.4, -0.2) is 35.4 Å². The van der Waals surface area contributed by atoms with Crippen molar-refractivity contribution in [2.75, 3.05) is 13.6 Å². The predicted molar refractivity (Wildman–Crippen MR) is 79.2 cm³/mol. The summed E-state index contributed by atoms with van der Waals surface area (Å²) in [5, 5.41) is 5.36. The zero-order chi connectivity index (χ0) is 13.9. The Balaban J connectivity index is 1.67. The van der Waals surface area contributed by atoms with Crippen LogP contribution in [0.2, 0.25) is 0 Å². The molecule has 1 aliphatic carbocycles. The zero-order valence-electron chi connectivity index (χ0n) is 11.7. The van der Waals surface area contributed by atoms with Crippen molar-refractivity contribution in [3.8, 4) is 0 Å². The van der Waals surface area contributed by atoms with Gasteiger partial charge in [0.15, 0.2) is 0 Å². The van der Waals surface area contributed by atoms with Crippen molar-refractivity contribution in [1.29, 1.82) is 0 Å². The monoisotopic (exact) mass is 269 g/mol. The molecule has 3 rings (SSSR count). The van der Waals surface area contributed by atoms with Gasteiger partial charge in [-0.05, 0) is 36.9 Å². The van der Waals surface area contributed by atoms with Gasteiger partial charge in [-0.3, -0.25) is 14.7 Å². The number of benzene rings is 1. The van der Waals surface area contributed by atoms with Crippen LogP contribution in [0.25, 0.3) is 10.8 Å². The molecule has 1 aromatic carbocycles. The summed E-state index contributed by atoms with van der Waals surface area (Å²) in [5.74, 6) is 0.122. The first-order chi connectivity index (χ1) is 9.72. The molecule has 0 bridgehead atoms. The Morgan fingerprint density at radius 1 is 1.40 bits per heavy atom. The summed E-state index contributed by atoms with van der Waals surface area (Å²) in [6, 6.07) is 8.67. The van der Waals surface area contributed by atoms with E-state index in [1.807, 2.05) is 36.5 Å². The second-order valence-electron chi connectivity index (χ2n) is 5.53. The summed E-state index contributed by atoms with van der Waals surface area (Å²) < 4.78 is 0. The van der Waals surface area contributed by atoms with Gasteiger partial charge in [0.25, 0.3) is 0 Å². The number of nitrogens with one attached hydrogen (secondary N) is 1. The third kappa shape index (κ3) is 3.14. The fraction of sp³-hybridized carbons (Fsp3) is 0.375. The molecule has 1 fully saturated rings. The molecule has 1 aromatic heterocycles. The third-order valence-corrected chi connectivity index (χ3v) is 3.57. The minimum Gasteiger partial charge on any atom is -0.352 e. The van der Waals surface area contributed by atoms with E-state index in [2.05, 4.69) is 22.4 Å². The molecule has 1 saturated carbocycles. The summed E-state index contributed by atoms with van der Waals surface area (Å²) >= 11 is 0. The van der Waals surface area contributed by atoms with Crippen LogP contribution < -0.4 is 5.32 Å². The van der Waals surface area contributed by atoms with Crippen molar-refractivity contribution >= 4 is 16.7 Å². The van der Waals surface area contributed by atoms with Gasteiger partial charge in [-0.1, -0.05) is 18.2 Å². The molecule has 0 atom stereocenters. The van der Waals surface area contributed by atoms with Crippen LogP contribution in [0.4, 0.5) is 0 Å². The zero-order valence-corrected chi connectivity index (χ0v) is 11.7. The highest BCUT2D eigenvalue weighted by Crippen LogP contribution is 2.19. The highest BCUT2D eigenvalue weighted by Gasteiger charge is 2.23. The van der Waals surface area contributed by atoms with Gasteiger partial charge < -0.3 is 5.32 Å². The first kappa shape index (κ1) is 13.1. The Morgan fingerprint density at radius 2 is 2.25 bits per heavy atom. The van der Waals surface area contributed by atoms with Crippen molar-refractivity contribution in [1.82, 2.24) is 15.2 Å². The molecule has 4 heteroatoms. The minimum absolute atomic E-state index is 0.122. The average Bonchev–Trinajstić information content (AvgIpc) is 3.22. The first-order valence-corrected chi connectivity index (χ1v) is 7.02. The minimum atomic E-state index is 0.122. The highest BCUT2D eigenvalue weighted by molar-refractivity contribution is 5.84. The van der Waals surface area contributed by atoms with Gasteiger partial charge in [0.05, 0.1) is 6.54 Å². The fourth-order valence-corrected chi connectivity index (χ4v) is 2.42. The lowest BCUT2D eigenvalue weighted by Crippen LogP contribution is -2.35. The molecular weight excluding hydrogens is 250 g/mol. The van der Waals surface area contributed by atoms with Crippen molar-refractivity contribution in [3.05, 3.63) is 42.2 Å². The van der Waals surface area contributed by atoms with Gasteiger partial charge in [0.2, 0.25) is 5.91 Å². The SMILES string of the molecule is CN(CC(=O)NC1CC1)Cc1cccc2cnccc12. The van der Waals surface area contributed by atoms with Crippen LogP contribution in [0.15, 0.2) is 36.7 Å². The van der Waals surface area contributed by atoms with Crippen LogP contribution in [0, 0.1) is 0 Å². The maximum absolute atomic E-state index is 11.8. The van der Waals surface area contributed by atoms with E-state index in [1.54, 1.807) is 0 Å². The van der Waals surface area contributed by atoms with Crippen LogP contribution in [0.5, 0.6) is 0 Å². The first-order valence-electron chi connectivity index (χ1n) is 7.02. The molecule has 0 spiro atoms. The van der Waals surface area contributed by atoms with E-state index in [1.165, 1.54) is 10.9 Å². The number of carbonyl (C=O) groups is 1. The fourth-order valence-electron chi connectivity index (χ4n) is 2.42. The number of hydrogen-bond acceptors (Lipinski definition) is 3. The molecular formula is C16H19N3O. The molecule has 104 valence electrons. The van der Waals surface area contributed by atoms with Gasteiger partial charge in [-0.2, -0.15) is 0 Å². The van der Waals surface area contributed by atoms with E-state index in [4.69, 9.17) is 0 Å². The molecule has 0 unspecified atom stereocenters. The largest absolute Gasteiger partial charge is 0.352 e. The van der Waals surface area contributed by atoms with Gasteiger partial charge >= 0.3 is 0 Å². The Labute approximate surface area is 118 Å². The van der Waals surface area contributed by atoms with Gasteiger partial charge in [0, 0.05) is 30.4 Å². The van der Waals surface area contributed by atoms with E-state index >= 15 is 0 Å². The second kappa shape index (κ2) is 5.59. The average molecular weight is 269 g/mol. The van der Waals surface area contributed by atoms with E-state index in [0.29, 0.717) is 12.6 Å². The second-order valence-corrected chi connectivity index (χ2v) is 5.53. The van der Waals surface area contributed by atoms with E-state index in [-0.39, 0.29) is 5.91 Å². The summed E-state index contributed by atoms with van der Waals surface area (Å²) in [4.78, 5) is 18.0. The smallest absolute Gasteiger partial charge is 0.234 e. The van der Waals surface area contributed by atoms with Crippen molar-refractivity contribution < 1.29 is 4.79 Å². The number of pyridine rings is 1. The van der Waals surface area contributed by atoms with Gasteiger partial charge in [-0.25, -0.2) is 0 Å². The molecule has 1 aliphatic rings. The Hall–Kier alpha value is -1.94. The van der Waals surface area contributed by atoms with Crippen LogP contribution in [0.3, 0.4) is 0 Å². The van der Waals surface area contributed by atoms with Crippen molar-refractivity contribution in [2.45, 2.75) is 25.4 Å². The number of nitrogens with zero attached hydrogens (tertiary/aromatic N) is 2. The van der Waals surface area contributed by atoms with E-state index in [0.717, 1.165) is 24.8 Å². The van der Waals surface area contributed by atoms with E-state index in [9.17, 15) is 4.79 Å². The number of hydrogen-bond donors (Lipinski definition) is 1. The third-order valence-electron chi connectivity index (χ3n) is 3.57. The number of fused-ring (bicyclic) bond motifs is 1. The van der Waals surface area contributed by atoms with Crippen molar-refractivity contribution in [2.24, 2.45) is 0 Å². The number of amides is 1. The van der Waals surface area contributed by atoms with Gasteiger partial charge in [0.1, 0.15) is 0 Å². The summed E-state index contributed by atoms with van der Waals surface area (Å²) in [6.45, 7) is 1.21. The van der Waals surface area contributed by atoms with Crippen LogP contribution in [0.1, 0.15) is 18.4 Å². The van der Waals surface area contributed by atoms with Gasteiger partial charge in [-0.15, -0.1) is 0 Å². The predicted octanol–water partition coefficient (Wildman–Crippen LogP) is 1.95. The molecule has 0 radical (unpaired) electrons. The maximum atomic E-state index is 11.8. The maximum Gasteiger partial charge on any atom is 0.234 e. The van der Waals surface area contributed by atoms with Crippen molar-refractivity contribution in [3.63, 3.8) is 0 Å². The van der Waals surface area contributed by atoms with Crippen LogP contribution in [-0.2, 0) is 11.3 Å².